The Kier molecular flexibility index (Phi) is 11.2. The van der Waals surface area contributed by atoms with E-state index in [0.29, 0.717) is 37.1 Å². The van der Waals surface area contributed by atoms with E-state index in [1.54, 1.807) is 30.7 Å². The highest BCUT2D eigenvalue weighted by molar-refractivity contribution is 5.78. The number of carbonyl (C=O) groups is 2. The normalized spacial score (nSPS) is 20.3. The number of ether oxygens (including phenoxy) is 2. The highest BCUT2D eigenvalue weighted by Crippen LogP contribution is 2.46. The van der Waals surface area contributed by atoms with Crippen molar-refractivity contribution in [3.63, 3.8) is 0 Å². The van der Waals surface area contributed by atoms with E-state index in [2.05, 4.69) is 32.6 Å². The summed E-state index contributed by atoms with van der Waals surface area (Å²) < 4.78 is 79.8. The Morgan fingerprint density at radius 3 is 2.33 bits per heavy atom. The van der Waals surface area contributed by atoms with Crippen LogP contribution in [0.15, 0.2) is 61.1 Å². The highest BCUT2D eigenvalue weighted by Gasteiger charge is 2.52. The minimum atomic E-state index is -5.08. The molecule has 2 N–H and O–H groups in total. The summed E-state index contributed by atoms with van der Waals surface area (Å²) in [5, 5.41) is 16.3. The third-order valence-corrected chi connectivity index (χ3v) is 7.67. The lowest BCUT2D eigenvalue weighted by molar-refractivity contribution is -0.274. The number of alkyl halides is 6. The van der Waals surface area contributed by atoms with Crippen molar-refractivity contribution in [3.8, 4) is 11.8 Å². The second-order valence-electron chi connectivity index (χ2n) is 10.5. The summed E-state index contributed by atoms with van der Waals surface area (Å²) in [6.07, 6.45) is -5.37. The Labute approximate surface area is 254 Å². The summed E-state index contributed by atoms with van der Waals surface area (Å²) >= 11 is 0. The molecular weight excluding hydrogens is 610 g/mol. The van der Waals surface area contributed by atoms with Gasteiger partial charge in [0.2, 0.25) is 0 Å². The Morgan fingerprint density at radius 1 is 1.13 bits per heavy atom. The molecule has 4 rings (SSSR count). The van der Waals surface area contributed by atoms with E-state index in [4.69, 9.17) is 14.6 Å². The van der Waals surface area contributed by atoms with Crippen LogP contribution in [0.2, 0.25) is 0 Å². The van der Waals surface area contributed by atoms with Gasteiger partial charge >= 0.3 is 24.5 Å². The number of aromatic amines is 1. The van der Waals surface area contributed by atoms with Gasteiger partial charge in [-0.2, -0.15) is 18.4 Å². The molecule has 3 aromatic rings. The van der Waals surface area contributed by atoms with Crippen molar-refractivity contribution in [1.29, 1.82) is 5.26 Å². The van der Waals surface area contributed by atoms with Crippen LogP contribution in [0.25, 0.3) is 0 Å². The van der Waals surface area contributed by atoms with E-state index in [0.717, 1.165) is 11.3 Å². The van der Waals surface area contributed by atoms with Crippen molar-refractivity contribution in [2.24, 2.45) is 11.3 Å². The fraction of sp³-hybridized carbons (Fsp3) is 0.400. The zero-order valence-electron chi connectivity index (χ0n) is 24.2. The number of hydrogen-bond donors (Lipinski definition) is 2. The van der Waals surface area contributed by atoms with E-state index < -0.39 is 29.9 Å². The van der Waals surface area contributed by atoms with Gasteiger partial charge in [0.25, 0.3) is 0 Å². The number of aromatic nitrogens is 2. The first-order valence-corrected chi connectivity index (χ1v) is 13.5. The molecular formula is C30H30F6N4O5. The molecule has 3 unspecified atom stereocenters. The predicted octanol–water partition coefficient (Wildman–Crippen LogP) is 5.67. The van der Waals surface area contributed by atoms with Gasteiger partial charge in [-0.05, 0) is 74.0 Å². The SMILES string of the molecule is COC(=O)C1(Cc2cccc(OC(F)(F)F)c2)CCN(Cc2cnc[nH]2)C(C)C1Cc1ccc(C#N)cc1.O=C(O)C(F)(F)F. The van der Waals surface area contributed by atoms with Gasteiger partial charge in [-0.3, -0.25) is 9.69 Å². The Balaban J connectivity index is 0.000000707. The molecule has 9 nitrogen and oxygen atoms in total. The molecule has 45 heavy (non-hydrogen) atoms. The summed E-state index contributed by atoms with van der Waals surface area (Å²) in [5.74, 6) is -3.73. The first-order chi connectivity index (χ1) is 21.1. The summed E-state index contributed by atoms with van der Waals surface area (Å²) in [5.41, 5.74) is 1.98. The molecule has 242 valence electrons. The molecule has 0 aliphatic carbocycles. The van der Waals surface area contributed by atoms with Crippen LogP contribution in [-0.4, -0.2) is 64.1 Å². The zero-order chi connectivity index (χ0) is 33.4. The van der Waals surface area contributed by atoms with Crippen molar-refractivity contribution in [3.05, 3.63) is 83.4 Å². The number of carboxylic acids is 1. The van der Waals surface area contributed by atoms with E-state index >= 15 is 0 Å². The number of rotatable bonds is 8. The summed E-state index contributed by atoms with van der Waals surface area (Å²) in [4.78, 5) is 32.0. The number of hydrogen-bond acceptors (Lipinski definition) is 7. The van der Waals surface area contributed by atoms with Crippen LogP contribution in [-0.2, 0) is 33.7 Å². The van der Waals surface area contributed by atoms with Crippen LogP contribution in [0.5, 0.6) is 5.75 Å². The first-order valence-electron chi connectivity index (χ1n) is 13.5. The molecule has 1 aromatic heterocycles. The maximum Gasteiger partial charge on any atom is 0.573 e. The van der Waals surface area contributed by atoms with Crippen LogP contribution in [0, 0.1) is 22.7 Å². The Hall–Kier alpha value is -4.58. The molecule has 1 saturated heterocycles. The monoisotopic (exact) mass is 640 g/mol. The van der Waals surface area contributed by atoms with Crippen molar-refractivity contribution in [1.82, 2.24) is 14.9 Å². The number of aliphatic carboxylic acids is 1. The molecule has 15 heteroatoms. The quantitative estimate of drug-likeness (QED) is 0.238. The number of methoxy groups -OCH3 is 1. The van der Waals surface area contributed by atoms with Crippen molar-refractivity contribution in [2.45, 2.75) is 51.3 Å². The smallest absolute Gasteiger partial charge is 0.475 e. The Morgan fingerprint density at radius 2 is 1.80 bits per heavy atom. The standard InChI is InChI=1S/C28H29F3N4O3.C2HF3O2/c1-19-25(13-20-6-8-21(15-32)9-7-20)27(26(36)37-2,10-11-35(19)17-23-16-33-18-34-23)14-22-4-3-5-24(12-22)38-28(29,30)31;3-2(4,5)1(6)7/h3-9,12,16,18-19,25H,10-11,13-14,17H2,1-2H3,(H,33,34);(H,6,7). The maximum absolute atomic E-state index is 13.6. The lowest BCUT2D eigenvalue weighted by Crippen LogP contribution is -2.57. The van der Waals surface area contributed by atoms with Crippen LogP contribution in [0.4, 0.5) is 26.3 Å². The van der Waals surface area contributed by atoms with E-state index in [1.807, 2.05) is 12.1 Å². The lowest BCUT2D eigenvalue weighted by atomic mass is 9.62. The molecule has 1 aliphatic heterocycles. The van der Waals surface area contributed by atoms with Gasteiger partial charge in [0.05, 0.1) is 30.5 Å². The number of likely N-dealkylation sites (tertiary alicyclic amines) is 1. The Bertz CT molecular complexity index is 1470. The highest BCUT2D eigenvalue weighted by atomic mass is 19.4. The van der Waals surface area contributed by atoms with Gasteiger partial charge in [-0.25, -0.2) is 9.78 Å². The molecule has 0 spiro atoms. The fourth-order valence-corrected chi connectivity index (χ4v) is 5.56. The third kappa shape index (κ3) is 9.45. The average Bonchev–Trinajstić information content (AvgIpc) is 3.49. The van der Waals surface area contributed by atoms with E-state index in [9.17, 15) is 36.4 Å². The number of halogens is 6. The fourth-order valence-electron chi connectivity index (χ4n) is 5.56. The lowest BCUT2D eigenvalue weighted by Gasteiger charge is -2.50. The average molecular weight is 641 g/mol. The second-order valence-corrected chi connectivity index (χ2v) is 10.5. The van der Waals surface area contributed by atoms with Crippen molar-refractivity contribution in [2.75, 3.05) is 13.7 Å². The molecule has 2 heterocycles. The minimum absolute atomic E-state index is 0.0867. The number of imidazole rings is 1. The number of nitrogens with one attached hydrogen (secondary N) is 1. The van der Waals surface area contributed by atoms with E-state index in [1.165, 1.54) is 25.3 Å². The number of carboxylic acid groups (broad SMARTS) is 1. The van der Waals surface area contributed by atoms with Crippen LogP contribution < -0.4 is 4.74 Å². The minimum Gasteiger partial charge on any atom is -0.475 e. The number of nitriles is 1. The first kappa shape index (κ1) is 34.9. The molecule has 0 saturated carbocycles. The summed E-state index contributed by atoms with van der Waals surface area (Å²) in [6, 6.07) is 15.0. The van der Waals surface area contributed by atoms with Crippen LogP contribution in [0.1, 0.15) is 35.7 Å². The summed E-state index contributed by atoms with van der Waals surface area (Å²) in [6.45, 7) is 3.25. The molecule has 0 bridgehead atoms. The predicted molar refractivity (Wildman–Crippen MR) is 146 cm³/mol. The second kappa shape index (κ2) is 14.5. The zero-order valence-corrected chi connectivity index (χ0v) is 24.2. The molecule has 1 aliphatic rings. The van der Waals surface area contributed by atoms with Gasteiger partial charge in [0, 0.05) is 24.5 Å². The number of esters is 1. The summed E-state index contributed by atoms with van der Waals surface area (Å²) in [7, 11) is 1.34. The maximum atomic E-state index is 13.6. The largest absolute Gasteiger partial charge is 0.573 e. The van der Waals surface area contributed by atoms with Crippen LogP contribution in [0.3, 0.4) is 0 Å². The topological polar surface area (TPSA) is 129 Å². The van der Waals surface area contributed by atoms with Gasteiger partial charge in [0.1, 0.15) is 5.75 Å². The third-order valence-electron chi connectivity index (χ3n) is 7.67. The molecule has 0 amide bonds. The number of carbonyl (C=O) groups excluding carboxylic acids is 1. The molecule has 0 radical (unpaired) electrons. The number of piperidine rings is 1. The van der Waals surface area contributed by atoms with Crippen LogP contribution >= 0.6 is 0 Å². The molecule has 1 fully saturated rings. The molecule has 2 aromatic carbocycles. The number of H-pyrrole nitrogens is 1. The van der Waals surface area contributed by atoms with Gasteiger partial charge in [0.15, 0.2) is 0 Å². The molecule has 3 atom stereocenters. The van der Waals surface area contributed by atoms with Crippen molar-refractivity contribution >= 4 is 11.9 Å². The van der Waals surface area contributed by atoms with Gasteiger partial charge < -0.3 is 19.6 Å². The number of benzene rings is 2. The van der Waals surface area contributed by atoms with Crippen molar-refractivity contribution < 1.29 is 50.5 Å². The van der Waals surface area contributed by atoms with E-state index in [-0.39, 0.29) is 24.1 Å². The number of nitrogens with zero attached hydrogens (tertiary/aromatic N) is 3. The van der Waals surface area contributed by atoms with Gasteiger partial charge in [-0.15, -0.1) is 13.2 Å². The van der Waals surface area contributed by atoms with Gasteiger partial charge in [-0.1, -0.05) is 24.3 Å².